The van der Waals surface area contributed by atoms with Gasteiger partial charge in [-0.2, -0.15) is 0 Å². The smallest absolute Gasteiger partial charge is 0.338 e. The lowest BCUT2D eigenvalue weighted by molar-refractivity contribution is 0.0378. The summed E-state index contributed by atoms with van der Waals surface area (Å²) in [4.78, 5) is 12.2. The molecule has 0 atom stereocenters. The minimum Gasteiger partial charge on any atom is -0.459 e. The highest BCUT2D eigenvalue weighted by Crippen LogP contribution is 2.49. The number of allylic oxidation sites excluding steroid dienone is 5. The zero-order valence-corrected chi connectivity index (χ0v) is 18.2. The second kappa shape index (κ2) is 8.48. The molecule has 1 aliphatic carbocycles. The van der Waals surface area contributed by atoms with Gasteiger partial charge in [0.1, 0.15) is 0 Å². The first kappa shape index (κ1) is 21.5. The van der Waals surface area contributed by atoms with E-state index in [2.05, 4.69) is 34.3 Å². The topological polar surface area (TPSA) is 26.3 Å². The van der Waals surface area contributed by atoms with Crippen LogP contribution in [0.25, 0.3) is 5.57 Å². The zero-order valence-electron chi connectivity index (χ0n) is 17.4. The number of rotatable bonds is 5. The predicted octanol–water partition coefficient (Wildman–Crippen LogP) is 7.39. The monoisotopic (exact) mass is 386 g/mol. The van der Waals surface area contributed by atoms with Crippen molar-refractivity contribution in [3.8, 4) is 0 Å². The predicted molar refractivity (Wildman–Crippen MR) is 115 cm³/mol. The third kappa shape index (κ3) is 4.73. The van der Waals surface area contributed by atoms with Crippen LogP contribution in [-0.4, -0.2) is 12.1 Å². The van der Waals surface area contributed by atoms with Crippen LogP contribution in [0.5, 0.6) is 0 Å². The molecule has 0 aliphatic heterocycles. The Labute approximate surface area is 169 Å². The molecule has 0 amide bonds. The fourth-order valence-electron chi connectivity index (χ4n) is 3.95. The van der Waals surface area contributed by atoms with Crippen molar-refractivity contribution in [1.29, 1.82) is 0 Å². The highest BCUT2D eigenvalue weighted by atomic mass is 35.5. The van der Waals surface area contributed by atoms with Crippen LogP contribution >= 0.6 is 11.6 Å². The molecule has 2 nitrogen and oxygen atoms in total. The van der Waals surface area contributed by atoms with Crippen molar-refractivity contribution in [3.05, 3.63) is 63.7 Å². The van der Waals surface area contributed by atoms with E-state index in [0.29, 0.717) is 10.6 Å². The number of carbonyl (C=O) groups excluding carboxylic acids is 1. The van der Waals surface area contributed by atoms with E-state index >= 15 is 0 Å². The van der Waals surface area contributed by atoms with Crippen LogP contribution in [0.1, 0.15) is 76.7 Å². The molecule has 0 bridgehead atoms. The maximum atomic E-state index is 12.2. The first-order chi connectivity index (χ1) is 12.6. The lowest BCUT2D eigenvalue weighted by Crippen LogP contribution is -2.22. The number of ether oxygens (including phenoxy) is 1. The van der Waals surface area contributed by atoms with Gasteiger partial charge in [-0.3, -0.25) is 0 Å². The molecule has 0 N–H and O–H groups in total. The third-order valence-electron chi connectivity index (χ3n) is 5.22. The van der Waals surface area contributed by atoms with Crippen LogP contribution in [0.3, 0.4) is 0 Å². The van der Waals surface area contributed by atoms with Gasteiger partial charge < -0.3 is 4.74 Å². The minimum absolute atomic E-state index is 0.0700. The molecular weight excluding hydrogens is 356 g/mol. The van der Waals surface area contributed by atoms with Gasteiger partial charge in [0.05, 0.1) is 11.7 Å². The summed E-state index contributed by atoms with van der Waals surface area (Å²) in [6.07, 6.45) is 5.17. The maximum absolute atomic E-state index is 12.2. The van der Waals surface area contributed by atoms with E-state index in [-0.39, 0.29) is 17.5 Å². The number of hydrogen-bond acceptors (Lipinski definition) is 2. The van der Waals surface area contributed by atoms with Gasteiger partial charge in [-0.15, -0.1) is 0 Å². The van der Waals surface area contributed by atoms with E-state index in [1.165, 1.54) is 17.6 Å². The van der Waals surface area contributed by atoms with Crippen molar-refractivity contribution in [2.45, 2.75) is 66.9 Å². The van der Waals surface area contributed by atoms with E-state index in [4.69, 9.17) is 16.3 Å². The lowest BCUT2D eigenvalue weighted by atomic mass is 9.68. The van der Waals surface area contributed by atoms with E-state index < -0.39 is 0 Å². The molecule has 0 aromatic heterocycles. The van der Waals surface area contributed by atoms with Crippen LogP contribution < -0.4 is 0 Å². The minimum atomic E-state index is -0.349. The normalized spacial score (nSPS) is 17.6. The van der Waals surface area contributed by atoms with Gasteiger partial charge in [-0.1, -0.05) is 49.7 Å². The largest absolute Gasteiger partial charge is 0.459 e. The standard InChI is InChI=1S/C24H31ClO2/c1-8-16(4)21(22-17(5)10-9-13-24(22,6)7)19-12-11-18(14-20(19)25)23(26)27-15(2)3/h8,11-12,14-15H,1,9-10,13H2,2-7H3. The summed E-state index contributed by atoms with van der Waals surface area (Å²) in [6, 6.07) is 5.45. The molecule has 1 aliphatic rings. The summed E-state index contributed by atoms with van der Waals surface area (Å²) < 4.78 is 5.29. The van der Waals surface area contributed by atoms with Crippen molar-refractivity contribution >= 4 is 23.1 Å². The van der Waals surface area contributed by atoms with Crippen LogP contribution in [-0.2, 0) is 4.74 Å². The molecule has 1 aromatic rings. The van der Waals surface area contributed by atoms with Crippen LogP contribution in [0.15, 0.2) is 47.6 Å². The number of halogens is 1. The second-order valence-corrected chi connectivity index (χ2v) is 8.71. The van der Waals surface area contributed by atoms with Crippen molar-refractivity contribution in [1.82, 2.24) is 0 Å². The van der Waals surface area contributed by atoms with Crippen LogP contribution in [0, 0.1) is 5.41 Å². The van der Waals surface area contributed by atoms with Crippen molar-refractivity contribution in [3.63, 3.8) is 0 Å². The lowest BCUT2D eigenvalue weighted by Gasteiger charge is -2.37. The number of hydrogen-bond donors (Lipinski definition) is 0. The quantitative estimate of drug-likeness (QED) is 0.389. The van der Waals surface area contributed by atoms with E-state index in [1.807, 2.05) is 26.0 Å². The summed E-state index contributed by atoms with van der Waals surface area (Å²) >= 11 is 6.67. The fraction of sp³-hybridized carbons (Fsp3) is 0.458. The molecule has 1 aromatic carbocycles. The Morgan fingerprint density at radius 2 is 2.00 bits per heavy atom. The van der Waals surface area contributed by atoms with E-state index in [0.717, 1.165) is 29.6 Å². The summed E-state index contributed by atoms with van der Waals surface area (Å²) in [5.74, 6) is -0.349. The van der Waals surface area contributed by atoms with Crippen molar-refractivity contribution < 1.29 is 9.53 Å². The molecule has 0 radical (unpaired) electrons. The van der Waals surface area contributed by atoms with Gasteiger partial charge in [0.25, 0.3) is 0 Å². The summed E-state index contributed by atoms with van der Waals surface area (Å²) in [5, 5.41) is 0.561. The third-order valence-corrected chi connectivity index (χ3v) is 5.54. The maximum Gasteiger partial charge on any atom is 0.338 e. The molecule has 3 heteroatoms. The Hall–Kier alpha value is -1.80. The first-order valence-electron chi connectivity index (χ1n) is 9.63. The molecule has 27 heavy (non-hydrogen) atoms. The Morgan fingerprint density at radius 1 is 1.33 bits per heavy atom. The highest BCUT2D eigenvalue weighted by Gasteiger charge is 2.32. The molecule has 0 heterocycles. The average molecular weight is 387 g/mol. The fourth-order valence-corrected chi connectivity index (χ4v) is 4.22. The SMILES string of the molecule is C=CC(C)=C(C1=C(C)CCCC1(C)C)c1ccc(C(=O)OC(C)C)cc1Cl. The highest BCUT2D eigenvalue weighted by molar-refractivity contribution is 6.33. The molecule has 0 spiro atoms. The molecule has 2 rings (SSSR count). The van der Waals surface area contributed by atoms with E-state index in [1.54, 1.807) is 12.1 Å². The van der Waals surface area contributed by atoms with Gasteiger partial charge >= 0.3 is 5.97 Å². The molecule has 0 fully saturated rings. The molecule has 146 valence electrons. The van der Waals surface area contributed by atoms with Gasteiger partial charge in [-0.05, 0) is 81.2 Å². The van der Waals surface area contributed by atoms with Gasteiger partial charge in [-0.25, -0.2) is 4.79 Å². The first-order valence-corrected chi connectivity index (χ1v) is 10.0. The Morgan fingerprint density at radius 3 is 2.52 bits per heavy atom. The van der Waals surface area contributed by atoms with Crippen molar-refractivity contribution in [2.75, 3.05) is 0 Å². The molecular formula is C24H31ClO2. The summed E-state index contributed by atoms with van der Waals surface area (Å²) in [7, 11) is 0. The summed E-state index contributed by atoms with van der Waals surface area (Å²) in [5.41, 5.74) is 6.48. The zero-order chi connectivity index (χ0) is 20.4. The van der Waals surface area contributed by atoms with Crippen LogP contribution in [0.2, 0.25) is 5.02 Å². The molecule has 0 saturated heterocycles. The van der Waals surface area contributed by atoms with Gasteiger partial charge in [0.15, 0.2) is 0 Å². The van der Waals surface area contributed by atoms with Crippen molar-refractivity contribution in [2.24, 2.45) is 5.41 Å². The Bertz CT molecular complexity index is 810. The van der Waals surface area contributed by atoms with Gasteiger partial charge in [0.2, 0.25) is 0 Å². The van der Waals surface area contributed by atoms with Gasteiger partial charge in [0, 0.05) is 10.6 Å². The molecule has 0 unspecified atom stereocenters. The van der Waals surface area contributed by atoms with E-state index in [9.17, 15) is 4.79 Å². The molecule has 0 saturated carbocycles. The Balaban J connectivity index is 2.61. The number of carbonyl (C=O) groups is 1. The average Bonchev–Trinajstić information content (AvgIpc) is 2.57. The van der Waals surface area contributed by atoms with Crippen LogP contribution in [0.4, 0.5) is 0 Å². The number of benzene rings is 1. The second-order valence-electron chi connectivity index (χ2n) is 8.30. The number of esters is 1. The summed E-state index contributed by atoms with van der Waals surface area (Å²) in [6.45, 7) is 16.5. The Kier molecular flexibility index (Phi) is 6.75.